The summed E-state index contributed by atoms with van der Waals surface area (Å²) in [5, 5.41) is 20.7. The third-order valence-electron chi connectivity index (χ3n) is 2.41. The second-order valence-corrected chi connectivity index (χ2v) is 7.43. The Morgan fingerprint density at radius 3 is 2.55 bits per heavy atom. The molecule has 0 radical (unpaired) electrons. The summed E-state index contributed by atoms with van der Waals surface area (Å²) in [6, 6.07) is 2.73. The first-order valence-electron chi connectivity index (χ1n) is 5.58. The molecule has 1 aromatic rings. The van der Waals surface area contributed by atoms with Crippen LogP contribution in [0.1, 0.15) is 18.6 Å². The number of ether oxygens (including phenoxy) is 1. The van der Waals surface area contributed by atoms with Crippen LogP contribution in [0.5, 0.6) is 5.75 Å². The molecule has 1 rings (SSSR count). The van der Waals surface area contributed by atoms with Gasteiger partial charge in [0, 0.05) is 22.4 Å². The molecular weight excluding hydrogens is 354 g/mol. The van der Waals surface area contributed by atoms with Crippen molar-refractivity contribution in [2.75, 3.05) is 18.6 Å². The molecule has 1 atom stereocenters. The summed E-state index contributed by atoms with van der Waals surface area (Å²) in [5.74, 6) is -0.378. The zero-order valence-electron chi connectivity index (χ0n) is 10.9. The molecule has 0 unspecified atom stereocenters. The van der Waals surface area contributed by atoms with Crippen molar-refractivity contribution in [1.29, 1.82) is 0 Å². The normalized spacial score (nSPS) is 13.0. The minimum absolute atomic E-state index is 0.114. The second-order valence-electron chi connectivity index (χ2n) is 4.25. The summed E-state index contributed by atoms with van der Waals surface area (Å²) < 4.78 is 27.7. The molecule has 1 aromatic carbocycles. The van der Waals surface area contributed by atoms with Gasteiger partial charge >= 0.3 is 5.69 Å². The molecule has 0 aliphatic carbocycles. The largest absolute Gasteiger partial charge is 0.485 e. The van der Waals surface area contributed by atoms with E-state index in [0.717, 1.165) is 6.26 Å². The number of hydrogen-bond acceptors (Lipinski definition) is 6. The highest BCUT2D eigenvalue weighted by Gasteiger charge is 2.23. The van der Waals surface area contributed by atoms with Crippen LogP contribution >= 0.6 is 15.9 Å². The van der Waals surface area contributed by atoms with Crippen LogP contribution in [0.15, 0.2) is 16.6 Å². The van der Waals surface area contributed by atoms with Crippen molar-refractivity contribution in [3.63, 3.8) is 0 Å². The molecular formula is C11H14BrNO6S. The lowest BCUT2D eigenvalue weighted by atomic mass is 10.1. The van der Waals surface area contributed by atoms with Gasteiger partial charge in [0.05, 0.1) is 16.8 Å². The third-order valence-corrected chi connectivity index (χ3v) is 3.78. The number of nitro groups is 1. The molecule has 9 heteroatoms. The van der Waals surface area contributed by atoms with Crippen molar-refractivity contribution in [2.24, 2.45) is 0 Å². The molecule has 0 spiro atoms. The monoisotopic (exact) mass is 367 g/mol. The maximum absolute atomic E-state index is 11.0. The molecule has 0 aliphatic heterocycles. The average Bonchev–Trinajstić information content (AvgIpc) is 2.28. The van der Waals surface area contributed by atoms with Crippen LogP contribution in [0.25, 0.3) is 0 Å². The maximum atomic E-state index is 11.0. The number of aliphatic hydroxyl groups excluding tert-OH is 1. The van der Waals surface area contributed by atoms with E-state index in [1.807, 2.05) is 0 Å². The first-order valence-corrected chi connectivity index (χ1v) is 8.43. The Morgan fingerprint density at radius 2 is 2.10 bits per heavy atom. The Kier molecular flexibility index (Phi) is 5.49. The van der Waals surface area contributed by atoms with E-state index in [0.29, 0.717) is 4.47 Å². The maximum Gasteiger partial charge on any atom is 0.312 e. The standard InChI is InChI=1S/C11H14BrNO6S/c1-7(14)9-5-8(12)6-10(13(15)16)11(9)19-3-4-20(2,17)18/h5-7,14H,3-4H2,1-2H3/t7-/m1/s1. The van der Waals surface area contributed by atoms with Crippen molar-refractivity contribution in [3.05, 3.63) is 32.3 Å². The van der Waals surface area contributed by atoms with Crippen LogP contribution in [0.3, 0.4) is 0 Å². The van der Waals surface area contributed by atoms with Gasteiger partial charge in [-0.25, -0.2) is 8.42 Å². The molecule has 0 bridgehead atoms. The number of nitro benzene ring substituents is 1. The molecule has 20 heavy (non-hydrogen) atoms. The van der Waals surface area contributed by atoms with Crippen molar-refractivity contribution < 1.29 is 23.2 Å². The summed E-state index contributed by atoms with van der Waals surface area (Å²) in [5.41, 5.74) is -0.108. The van der Waals surface area contributed by atoms with E-state index in [-0.39, 0.29) is 29.4 Å². The van der Waals surface area contributed by atoms with E-state index < -0.39 is 20.9 Å². The Labute approximate surface area is 124 Å². The number of sulfone groups is 1. The topological polar surface area (TPSA) is 107 Å². The molecule has 0 saturated heterocycles. The highest BCUT2D eigenvalue weighted by Crippen LogP contribution is 2.37. The Hall–Kier alpha value is -1.19. The summed E-state index contributed by atoms with van der Waals surface area (Å²) in [6.45, 7) is 1.22. The molecule has 0 saturated carbocycles. The van der Waals surface area contributed by atoms with Gasteiger partial charge in [-0.3, -0.25) is 10.1 Å². The zero-order valence-corrected chi connectivity index (χ0v) is 13.3. The van der Waals surface area contributed by atoms with Crippen LogP contribution in [-0.4, -0.2) is 37.1 Å². The first-order chi connectivity index (χ1) is 9.11. The van der Waals surface area contributed by atoms with Gasteiger partial charge < -0.3 is 9.84 Å². The fourth-order valence-corrected chi connectivity index (χ4v) is 2.35. The lowest BCUT2D eigenvalue weighted by Gasteiger charge is -2.14. The lowest BCUT2D eigenvalue weighted by molar-refractivity contribution is -0.386. The second kappa shape index (κ2) is 6.51. The van der Waals surface area contributed by atoms with Gasteiger partial charge in [0.2, 0.25) is 5.75 Å². The Bertz CT molecular complexity index is 614. The van der Waals surface area contributed by atoms with Crippen LogP contribution in [-0.2, 0) is 9.84 Å². The van der Waals surface area contributed by atoms with Crippen molar-refractivity contribution in [2.45, 2.75) is 13.0 Å². The zero-order chi connectivity index (χ0) is 15.5. The van der Waals surface area contributed by atoms with E-state index in [4.69, 9.17) is 4.74 Å². The van der Waals surface area contributed by atoms with Crippen molar-refractivity contribution >= 4 is 31.5 Å². The molecule has 0 aromatic heterocycles. The molecule has 0 fully saturated rings. The minimum Gasteiger partial charge on any atom is -0.485 e. The predicted molar refractivity (Wildman–Crippen MR) is 76.6 cm³/mol. The number of benzene rings is 1. The fraction of sp³-hybridized carbons (Fsp3) is 0.455. The molecule has 7 nitrogen and oxygen atoms in total. The van der Waals surface area contributed by atoms with Crippen molar-refractivity contribution in [3.8, 4) is 5.75 Å². The van der Waals surface area contributed by atoms with Gasteiger partial charge in [-0.1, -0.05) is 15.9 Å². The summed E-state index contributed by atoms with van der Waals surface area (Å²) >= 11 is 3.12. The molecule has 0 aliphatic rings. The van der Waals surface area contributed by atoms with E-state index >= 15 is 0 Å². The van der Waals surface area contributed by atoms with E-state index in [1.54, 1.807) is 0 Å². The van der Waals surface area contributed by atoms with Crippen LogP contribution in [0.4, 0.5) is 5.69 Å². The van der Waals surface area contributed by atoms with Gasteiger partial charge in [-0.05, 0) is 13.0 Å². The lowest BCUT2D eigenvalue weighted by Crippen LogP contribution is -2.14. The summed E-state index contributed by atoms with van der Waals surface area (Å²) in [4.78, 5) is 10.4. The number of hydrogen-bond donors (Lipinski definition) is 1. The quantitative estimate of drug-likeness (QED) is 0.607. The third kappa shape index (κ3) is 4.73. The summed E-state index contributed by atoms with van der Waals surface area (Å²) in [7, 11) is -3.24. The van der Waals surface area contributed by atoms with E-state index in [9.17, 15) is 23.6 Å². The molecule has 0 heterocycles. The van der Waals surface area contributed by atoms with E-state index in [2.05, 4.69) is 15.9 Å². The van der Waals surface area contributed by atoms with Gasteiger partial charge in [0.15, 0.2) is 9.84 Å². The fourth-order valence-electron chi connectivity index (χ4n) is 1.50. The number of halogens is 1. The smallest absolute Gasteiger partial charge is 0.312 e. The number of aliphatic hydroxyl groups is 1. The minimum atomic E-state index is -3.24. The molecule has 112 valence electrons. The van der Waals surface area contributed by atoms with Crippen molar-refractivity contribution in [1.82, 2.24) is 0 Å². The van der Waals surface area contributed by atoms with Crippen LogP contribution in [0, 0.1) is 10.1 Å². The highest BCUT2D eigenvalue weighted by atomic mass is 79.9. The van der Waals surface area contributed by atoms with Gasteiger partial charge in [0.25, 0.3) is 0 Å². The Morgan fingerprint density at radius 1 is 1.50 bits per heavy atom. The van der Waals surface area contributed by atoms with Gasteiger partial charge in [-0.2, -0.15) is 0 Å². The number of nitrogens with zero attached hydrogens (tertiary/aromatic N) is 1. The highest BCUT2D eigenvalue weighted by molar-refractivity contribution is 9.10. The SMILES string of the molecule is C[C@@H](O)c1cc(Br)cc([N+](=O)[O-])c1OCCS(C)(=O)=O. The average molecular weight is 368 g/mol. The van der Waals surface area contributed by atoms with Crippen LogP contribution in [0.2, 0.25) is 0 Å². The number of rotatable bonds is 6. The Balaban J connectivity index is 3.16. The van der Waals surface area contributed by atoms with Gasteiger partial charge in [-0.15, -0.1) is 0 Å². The summed E-state index contributed by atoms with van der Waals surface area (Å²) in [6.07, 6.45) is 0.0569. The first kappa shape index (κ1) is 16.9. The molecule has 0 amide bonds. The van der Waals surface area contributed by atoms with Crippen LogP contribution < -0.4 is 4.74 Å². The predicted octanol–water partition coefficient (Wildman–Crippen LogP) is 1.83. The van der Waals surface area contributed by atoms with E-state index in [1.165, 1.54) is 19.1 Å². The van der Waals surface area contributed by atoms with Gasteiger partial charge in [0.1, 0.15) is 6.61 Å². The molecule has 1 N–H and O–H groups in total.